The van der Waals surface area contributed by atoms with Gasteiger partial charge in [-0.3, -0.25) is 10.1 Å². The maximum atomic E-state index is 10.6. The number of pyridine rings is 1. The number of nitro groups is 1. The molecule has 2 aromatic rings. The number of hydrogen-bond donors (Lipinski definition) is 0. The second-order valence-corrected chi connectivity index (χ2v) is 4.89. The number of hydrogen-bond acceptors (Lipinski definition) is 4. The molecule has 104 valence electrons. The van der Waals surface area contributed by atoms with E-state index in [1.807, 2.05) is 19.1 Å². The summed E-state index contributed by atoms with van der Waals surface area (Å²) in [5, 5.41) is 10.6. The molecule has 1 aromatic heterocycles. The van der Waals surface area contributed by atoms with Crippen LogP contribution in [0.15, 0.2) is 36.5 Å². The third-order valence-electron chi connectivity index (χ3n) is 3.02. The number of aryl methyl sites for hydroxylation is 1. The maximum Gasteiger partial charge on any atom is 0.287 e. The van der Waals surface area contributed by atoms with E-state index >= 15 is 0 Å². The Balaban J connectivity index is 2.25. The SMILES string of the molecule is Cc1ccc(C(C)C)cc1Oc1ccc([N+](=O)[O-])cn1. The van der Waals surface area contributed by atoms with Crippen LogP contribution in [0.3, 0.4) is 0 Å². The zero-order chi connectivity index (χ0) is 14.7. The van der Waals surface area contributed by atoms with Crippen molar-refractivity contribution in [3.8, 4) is 11.6 Å². The van der Waals surface area contributed by atoms with Crippen LogP contribution < -0.4 is 4.74 Å². The smallest absolute Gasteiger partial charge is 0.287 e. The lowest BCUT2D eigenvalue weighted by molar-refractivity contribution is -0.385. The molecular formula is C15H16N2O3. The van der Waals surface area contributed by atoms with Gasteiger partial charge in [0.25, 0.3) is 5.69 Å². The number of ether oxygens (including phenoxy) is 1. The van der Waals surface area contributed by atoms with Crippen LogP contribution in [0.5, 0.6) is 11.6 Å². The summed E-state index contributed by atoms with van der Waals surface area (Å²) in [4.78, 5) is 14.0. The summed E-state index contributed by atoms with van der Waals surface area (Å²) >= 11 is 0. The first-order chi connectivity index (χ1) is 9.47. The van der Waals surface area contributed by atoms with Crippen molar-refractivity contribution in [2.45, 2.75) is 26.7 Å². The minimum Gasteiger partial charge on any atom is -0.439 e. The molecule has 0 aliphatic heterocycles. The predicted octanol–water partition coefficient (Wildman–Crippen LogP) is 4.21. The molecule has 0 spiro atoms. The highest BCUT2D eigenvalue weighted by molar-refractivity contribution is 5.40. The molecule has 0 radical (unpaired) electrons. The van der Waals surface area contributed by atoms with Crippen LogP contribution in [0.1, 0.15) is 30.9 Å². The highest BCUT2D eigenvalue weighted by Crippen LogP contribution is 2.28. The van der Waals surface area contributed by atoms with Gasteiger partial charge in [0, 0.05) is 12.1 Å². The van der Waals surface area contributed by atoms with Gasteiger partial charge in [-0.15, -0.1) is 0 Å². The highest BCUT2D eigenvalue weighted by Gasteiger charge is 2.09. The molecule has 0 amide bonds. The molecule has 0 atom stereocenters. The Labute approximate surface area is 117 Å². The lowest BCUT2D eigenvalue weighted by Crippen LogP contribution is -1.95. The van der Waals surface area contributed by atoms with Gasteiger partial charge in [-0.1, -0.05) is 26.0 Å². The van der Waals surface area contributed by atoms with Gasteiger partial charge < -0.3 is 4.74 Å². The quantitative estimate of drug-likeness (QED) is 0.617. The lowest BCUT2D eigenvalue weighted by Gasteiger charge is -2.11. The van der Waals surface area contributed by atoms with E-state index in [9.17, 15) is 10.1 Å². The van der Waals surface area contributed by atoms with Crippen LogP contribution in [0, 0.1) is 17.0 Å². The van der Waals surface area contributed by atoms with Gasteiger partial charge in [0.15, 0.2) is 0 Å². The van der Waals surface area contributed by atoms with Crippen molar-refractivity contribution in [1.82, 2.24) is 4.98 Å². The zero-order valence-electron chi connectivity index (χ0n) is 11.7. The number of aromatic nitrogens is 1. The molecule has 0 bridgehead atoms. The first-order valence-corrected chi connectivity index (χ1v) is 6.36. The molecule has 0 fully saturated rings. The summed E-state index contributed by atoms with van der Waals surface area (Å²) < 4.78 is 5.70. The van der Waals surface area contributed by atoms with E-state index < -0.39 is 4.92 Å². The zero-order valence-corrected chi connectivity index (χ0v) is 11.7. The van der Waals surface area contributed by atoms with E-state index in [0.717, 1.165) is 11.3 Å². The van der Waals surface area contributed by atoms with Crippen molar-refractivity contribution < 1.29 is 9.66 Å². The maximum absolute atomic E-state index is 10.6. The van der Waals surface area contributed by atoms with Crippen LogP contribution in [0.25, 0.3) is 0 Å². The molecule has 1 heterocycles. The predicted molar refractivity (Wildman–Crippen MR) is 76.2 cm³/mol. The Kier molecular flexibility index (Phi) is 3.98. The molecule has 0 saturated heterocycles. The van der Waals surface area contributed by atoms with E-state index in [-0.39, 0.29) is 5.69 Å². The Morgan fingerprint density at radius 2 is 2.00 bits per heavy atom. The second kappa shape index (κ2) is 5.69. The first kappa shape index (κ1) is 14.0. The van der Waals surface area contributed by atoms with Crippen molar-refractivity contribution >= 4 is 5.69 Å². The summed E-state index contributed by atoms with van der Waals surface area (Å²) in [6.07, 6.45) is 1.19. The molecule has 20 heavy (non-hydrogen) atoms. The molecule has 5 nitrogen and oxygen atoms in total. The Hall–Kier alpha value is -2.43. The van der Waals surface area contributed by atoms with E-state index in [4.69, 9.17) is 4.74 Å². The fourth-order valence-corrected chi connectivity index (χ4v) is 1.74. The van der Waals surface area contributed by atoms with Crippen molar-refractivity contribution in [3.05, 3.63) is 57.8 Å². The van der Waals surface area contributed by atoms with Crippen molar-refractivity contribution in [2.24, 2.45) is 0 Å². The van der Waals surface area contributed by atoms with Gasteiger partial charge in [-0.05, 0) is 30.0 Å². The van der Waals surface area contributed by atoms with Gasteiger partial charge in [0.2, 0.25) is 5.88 Å². The fraction of sp³-hybridized carbons (Fsp3) is 0.267. The monoisotopic (exact) mass is 272 g/mol. The molecular weight excluding hydrogens is 256 g/mol. The average molecular weight is 272 g/mol. The van der Waals surface area contributed by atoms with Crippen LogP contribution in [0.4, 0.5) is 5.69 Å². The normalized spacial score (nSPS) is 10.6. The number of rotatable bonds is 4. The van der Waals surface area contributed by atoms with E-state index in [2.05, 4.69) is 24.9 Å². The largest absolute Gasteiger partial charge is 0.439 e. The van der Waals surface area contributed by atoms with Gasteiger partial charge in [0.05, 0.1) is 4.92 Å². The van der Waals surface area contributed by atoms with Crippen LogP contribution in [-0.4, -0.2) is 9.91 Å². The summed E-state index contributed by atoms with van der Waals surface area (Å²) in [6.45, 7) is 6.17. The Morgan fingerprint density at radius 1 is 1.25 bits per heavy atom. The molecule has 0 aliphatic rings. The van der Waals surface area contributed by atoms with Crippen molar-refractivity contribution in [3.63, 3.8) is 0 Å². The summed E-state index contributed by atoms with van der Waals surface area (Å²) in [7, 11) is 0. The third kappa shape index (κ3) is 3.12. The molecule has 0 unspecified atom stereocenters. The Morgan fingerprint density at radius 3 is 2.55 bits per heavy atom. The van der Waals surface area contributed by atoms with Crippen LogP contribution >= 0.6 is 0 Å². The molecule has 0 aliphatic carbocycles. The second-order valence-electron chi connectivity index (χ2n) is 4.89. The van der Waals surface area contributed by atoms with Crippen LogP contribution in [-0.2, 0) is 0 Å². The van der Waals surface area contributed by atoms with Gasteiger partial charge in [-0.2, -0.15) is 0 Å². The molecule has 1 aromatic carbocycles. The lowest BCUT2D eigenvalue weighted by atomic mass is 10.0. The van der Waals surface area contributed by atoms with E-state index in [1.54, 1.807) is 0 Å². The molecule has 0 N–H and O–H groups in total. The number of nitrogens with zero attached hydrogens (tertiary/aromatic N) is 2. The van der Waals surface area contributed by atoms with E-state index in [0.29, 0.717) is 11.8 Å². The summed E-state index contributed by atoms with van der Waals surface area (Å²) in [5.41, 5.74) is 2.12. The standard InChI is InChI=1S/C15H16N2O3/c1-10(2)12-5-4-11(3)14(8-12)20-15-7-6-13(9-16-15)17(18)19/h4-10H,1-3H3. The average Bonchev–Trinajstić information content (AvgIpc) is 2.41. The van der Waals surface area contributed by atoms with E-state index in [1.165, 1.54) is 23.9 Å². The van der Waals surface area contributed by atoms with Crippen molar-refractivity contribution in [1.29, 1.82) is 0 Å². The minimum atomic E-state index is -0.485. The summed E-state index contributed by atoms with van der Waals surface area (Å²) in [5.74, 6) is 1.47. The van der Waals surface area contributed by atoms with Gasteiger partial charge >= 0.3 is 0 Å². The summed E-state index contributed by atoms with van der Waals surface area (Å²) in [6, 6.07) is 8.92. The molecule has 0 saturated carbocycles. The van der Waals surface area contributed by atoms with Gasteiger partial charge in [0.1, 0.15) is 11.9 Å². The highest BCUT2D eigenvalue weighted by atomic mass is 16.6. The minimum absolute atomic E-state index is 0.0509. The topological polar surface area (TPSA) is 65.3 Å². The molecule has 5 heteroatoms. The fourth-order valence-electron chi connectivity index (χ4n) is 1.74. The molecule has 2 rings (SSSR count). The first-order valence-electron chi connectivity index (χ1n) is 6.36. The van der Waals surface area contributed by atoms with Crippen LogP contribution in [0.2, 0.25) is 0 Å². The van der Waals surface area contributed by atoms with Gasteiger partial charge in [-0.25, -0.2) is 4.98 Å². The third-order valence-corrected chi connectivity index (χ3v) is 3.02. The number of benzene rings is 1. The van der Waals surface area contributed by atoms with Crippen molar-refractivity contribution in [2.75, 3.05) is 0 Å². The Bertz CT molecular complexity index is 622.